The van der Waals surface area contributed by atoms with Crippen molar-refractivity contribution >= 4 is 17.4 Å². The summed E-state index contributed by atoms with van der Waals surface area (Å²) in [5, 5.41) is 11.4. The lowest BCUT2D eigenvalue weighted by atomic mass is 9.94. The van der Waals surface area contributed by atoms with E-state index in [1.807, 2.05) is 43.3 Å². The molecular weight excluding hydrogens is 480 g/mol. The number of hydrogen-bond acceptors (Lipinski definition) is 6. The Morgan fingerprint density at radius 1 is 1.03 bits per heavy atom. The van der Waals surface area contributed by atoms with Crippen molar-refractivity contribution in [1.29, 1.82) is 0 Å². The number of unbranched alkanes of at least 4 members (excludes halogenated alkanes) is 1. The largest absolute Gasteiger partial charge is 0.507 e. The van der Waals surface area contributed by atoms with E-state index >= 15 is 0 Å². The number of Topliss-reactive ketones (excluding diaryl/α,β-unsaturated/α-hetero) is 1. The van der Waals surface area contributed by atoms with E-state index in [4.69, 9.17) is 9.47 Å². The number of morpholine rings is 1. The summed E-state index contributed by atoms with van der Waals surface area (Å²) in [5.74, 6) is -0.592. The van der Waals surface area contributed by atoms with Crippen molar-refractivity contribution in [2.24, 2.45) is 0 Å². The van der Waals surface area contributed by atoms with Crippen LogP contribution in [0.15, 0.2) is 48.0 Å². The van der Waals surface area contributed by atoms with Crippen molar-refractivity contribution in [3.05, 3.63) is 70.3 Å². The molecule has 2 aromatic rings. The van der Waals surface area contributed by atoms with Gasteiger partial charge in [0.05, 0.1) is 31.4 Å². The van der Waals surface area contributed by atoms with Gasteiger partial charge in [-0.05, 0) is 61.1 Å². The Morgan fingerprint density at radius 3 is 2.42 bits per heavy atom. The van der Waals surface area contributed by atoms with Crippen LogP contribution < -0.4 is 4.74 Å². The van der Waals surface area contributed by atoms with Gasteiger partial charge >= 0.3 is 0 Å². The highest BCUT2D eigenvalue weighted by atomic mass is 16.5. The quantitative estimate of drug-likeness (QED) is 0.197. The molecule has 4 rings (SSSR count). The Kier molecular flexibility index (Phi) is 9.58. The van der Waals surface area contributed by atoms with Crippen molar-refractivity contribution < 1.29 is 24.2 Å². The van der Waals surface area contributed by atoms with Crippen LogP contribution in [-0.4, -0.2) is 72.6 Å². The lowest BCUT2D eigenvalue weighted by molar-refractivity contribution is -0.140. The molecule has 204 valence electrons. The smallest absolute Gasteiger partial charge is 0.295 e. The monoisotopic (exact) mass is 520 g/mol. The molecule has 0 saturated carbocycles. The summed E-state index contributed by atoms with van der Waals surface area (Å²) in [4.78, 5) is 30.6. The van der Waals surface area contributed by atoms with Crippen LogP contribution in [0, 0.1) is 6.92 Å². The number of rotatable bonds is 11. The third-order valence-corrected chi connectivity index (χ3v) is 7.42. The van der Waals surface area contributed by atoms with E-state index in [1.54, 1.807) is 11.0 Å². The van der Waals surface area contributed by atoms with E-state index in [-0.39, 0.29) is 11.3 Å². The summed E-state index contributed by atoms with van der Waals surface area (Å²) in [5.41, 5.74) is 3.52. The van der Waals surface area contributed by atoms with Gasteiger partial charge in [0.2, 0.25) is 0 Å². The summed E-state index contributed by atoms with van der Waals surface area (Å²) in [6.45, 7) is 11.2. The molecule has 7 heteroatoms. The number of likely N-dealkylation sites (tertiary alicyclic amines) is 1. The van der Waals surface area contributed by atoms with Crippen LogP contribution in [0.3, 0.4) is 0 Å². The first kappa shape index (κ1) is 27.9. The molecule has 0 spiro atoms. The predicted octanol–water partition coefficient (Wildman–Crippen LogP) is 4.88. The Labute approximate surface area is 226 Å². The van der Waals surface area contributed by atoms with Gasteiger partial charge in [0.1, 0.15) is 11.5 Å². The molecule has 0 bridgehead atoms. The van der Waals surface area contributed by atoms with Gasteiger partial charge in [-0.1, -0.05) is 44.5 Å². The number of benzene rings is 2. The van der Waals surface area contributed by atoms with Crippen LogP contribution in [0.5, 0.6) is 5.75 Å². The molecule has 38 heavy (non-hydrogen) atoms. The molecule has 2 aliphatic rings. The highest BCUT2D eigenvalue weighted by Gasteiger charge is 2.45. The van der Waals surface area contributed by atoms with Crippen molar-refractivity contribution in [3.8, 4) is 5.75 Å². The highest BCUT2D eigenvalue weighted by molar-refractivity contribution is 6.46. The Morgan fingerprint density at radius 2 is 1.76 bits per heavy atom. The molecule has 1 atom stereocenters. The maximum absolute atomic E-state index is 13.4. The first-order valence-corrected chi connectivity index (χ1v) is 13.9. The number of hydrogen-bond donors (Lipinski definition) is 1. The summed E-state index contributed by atoms with van der Waals surface area (Å²) in [7, 11) is 0. The third-order valence-electron chi connectivity index (χ3n) is 7.42. The molecule has 0 radical (unpaired) electrons. The molecule has 2 fully saturated rings. The number of aliphatic hydroxyl groups excluding tert-OH is 1. The van der Waals surface area contributed by atoms with Crippen molar-refractivity contribution in [2.75, 3.05) is 46.0 Å². The fourth-order valence-electron chi connectivity index (χ4n) is 5.12. The van der Waals surface area contributed by atoms with Gasteiger partial charge in [-0.15, -0.1) is 0 Å². The summed E-state index contributed by atoms with van der Waals surface area (Å²) < 4.78 is 11.3. The Balaban J connectivity index is 1.65. The summed E-state index contributed by atoms with van der Waals surface area (Å²) in [6.07, 6.45) is 3.64. The maximum atomic E-state index is 13.4. The minimum Gasteiger partial charge on any atom is -0.507 e. The molecule has 0 unspecified atom stereocenters. The molecule has 2 saturated heterocycles. The van der Waals surface area contributed by atoms with E-state index in [9.17, 15) is 14.7 Å². The number of aryl methyl sites for hydroxylation is 2. The molecule has 0 aliphatic carbocycles. The number of ether oxygens (including phenoxy) is 2. The van der Waals surface area contributed by atoms with Crippen LogP contribution in [0.1, 0.15) is 61.4 Å². The van der Waals surface area contributed by atoms with Crippen LogP contribution in [0.4, 0.5) is 0 Å². The first-order valence-electron chi connectivity index (χ1n) is 13.9. The molecular formula is C31H40N2O5. The Hall–Kier alpha value is -3.16. The lowest BCUT2D eigenvalue weighted by Crippen LogP contribution is -2.38. The number of aliphatic hydroxyl groups is 1. The van der Waals surface area contributed by atoms with Crippen LogP contribution in [0.25, 0.3) is 5.76 Å². The first-order chi connectivity index (χ1) is 18.4. The zero-order valence-electron chi connectivity index (χ0n) is 22.9. The maximum Gasteiger partial charge on any atom is 0.295 e. The van der Waals surface area contributed by atoms with Gasteiger partial charge in [-0.25, -0.2) is 0 Å². The fourth-order valence-corrected chi connectivity index (χ4v) is 5.12. The Bertz CT molecular complexity index is 1150. The van der Waals surface area contributed by atoms with E-state index in [2.05, 4.69) is 18.7 Å². The second-order valence-corrected chi connectivity index (χ2v) is 10.1. The van der Waals surface area contributed by atoms with Gasteiger partial charge in [-0.2, -0.15) is 0 Å². The van der Waals surface area contributed by atoms with Crippen molar-refractivity contribution in [3.63, 3.8) is 0 Å². The molecule has 0 aromatic heterocycles. The fraction of sp³-hybridized carbons (Fsp3) is 0.484. The second kappa shape index (κ2) is 13.1. The van der Waals surface area contributed by atoms with Gasteiger partial charge in [-0.3, -0.25) is 14.5 Å². The predicted molar refractivity (Wildman–Crippen MR) is 148 cm³/mol. The van der Waals surface area contributed by atoms with Crippen LogP contribution >= 0.6 is 0 Å². The van der Waals surface area contributed by atoms with Gasteiger partial charge in [0.25, 0.3) is 11.7 Å². The third kappa shape index (κ3) is 6.27. The zero-order chi connectivity index (χ0) is 27.1. The summed E-state index contributed by atoms with van der Waals surface area (Å²) >= 11 is 0. The van der Waals surface area contributed by atoms with E-state index < -0.39 is 17.7 Å². The summed E-state index contributed by atoms with van der Waals surface area (Å²) in [6, 6.07) is 12.7. The highest BCUT2D eigenvalue weighted by Crippen LogP contribution is 2.40. The van der Waals surface area contributed by atoms with Crippen LogP contribution in [0.2, 0.25) is 0 Å². The number of carbonyl (C=O) groups excluding carboxylic acids is 2. The zero-order valence-corrected chi connectivity index (χ0v) is 22.9. The molecule has 2 aromatic carbocycles. The van der Waals surface area contributed by atoms with E-state index in [0.717, 1.165) is 75.4 Å². The second-order valence-electron chi connectivity index (χ2n) is 10.1. The minimum absolute atomic E-state index is 0.143. The van der Waals surface area contributed by atoms with E-state index in [1.165, 1.54) is 5.56 Å². The van der Waals surface area contributed by atoms with Crippen LogP contribution in [-0.2, 0) is 20.7 Å². The number of amides is 1. The van der Waals surface area contributed by atoms with E-state index in [0.29, 0.717) is 18.7 Å². The normalized spacial score (nSPS) is 19.8. The van der Waals surface area contributed by atoms with Gasteiger partial charge in [0.15, 0.2) is 0 Å². The van der Waals surface area contributed by atoms with Gasteiger partial charge in [0, 0.05) is 31.7 Å². The molecule has 2 aliphatic heterocycles. The molecule has 1 amide bonds. The molecule has 7 nitrogen and oxygen atoms in total. The lowest BCUT2D eigenvalue weighted by Gasteiger charge is -2.29. The van der Waals surface area contributed by atoms with Crippen molar-refractivity contribution in [1.82, 2.24) is 9.80 Å². The topological polar surface area (TPSA) is 79.3 Å². The number of ketones is 1. The molecule has 2 heterocycles. The van der Waals surface area contributed by atoms with Crippen molar-refractivity contribution in [2.45, 2.75) is 52.5 Å². The molecule has 1 N–H and O–H groups in total. The van der Waals surface area contributed by atoms with Gasteiger partial charge < -0.3 is 19.5 Å². The minimum atomic E-state index is -0.639. The standard InChI is InChI=1S/C31H40N2O5/c1-4-6-18-38-26-13-12-25(21-22(26)3)29(34)27-28(24-10-8-23(5-2)9-11-24)33(31(36)30(27)35)15-7-14-32-16-19-37-20-17-32/h8-13,21,28,34H,4-7,14-20H2,1-3H3/t28-/m1/s1. The average molecular weight is 521 g/mol. The average Bonchev–Trinajstić information content (AvgIpc) is 3.19. The SMILES string of the molecule is CCCCOc1ccc(C(O)=C2C(=O)C(=O)N(CCCN3CCOCC3)[C@@H]2c2ccc(CC)cc2)cc1C. The number of carbonyl (C=O) groups is 2. The number of nitrogens with zero attached hydrogens (tertiary/aromatic N) is 2.